The average molecular weight is 298 g/mol. The number of fused-ring (bicyclic) bond motifs is 1. The summed E-state index contributed by atoms with van der Waals surface area (Å²) in [6, 6.07) is 6.50. The van der Waals surface area contributed by atoms with Gasteiger partial charge in [-0.3, -0.25) is 9.36 Å². The number of nitrogens with one attached hydrogen (secondary N) is 1. The molecule has 1 heterocycles. The Morgan fingerprint density at radius 2 is 2.00 bits per heavy atom. The fraction of sp³-hybridized carbons (Fsp3) is 0.333. The number of benzene rings is 1. The van der Waals surface area contributed by atoms with Gasteiger partial charge in [-0.2, -0.15) is 0 Å². The van der Waals surface area contributed by atoms with E-state index in [1.807, 2.05) is 0 Å². The molecule has 0 aliphatic carbocycles. The van der Waals surface area contributed by atoms with Gasteiger partial charge < -0.3 is 4.98 Å². The molecule has 0 amide bonds. The van der Waals surface area contributed by atoms with Crippen LogP contribution in [0.3, 0.4) is 0 Å². The molecule has 5 nitrogen and oxygen atoms in total. The fourth-order valence-corrected chi connectivity index (χ4v) is 3.49. The van der Waals surface area contributed by atoms with Crippen molar-refractivity contribution in [1.29, 1.82) is 0 Å². The molecule has 0 bridgehead atoms. The van der Waals surface area contributed by atoms with Crippen molar-refractivity contribution in [3.63, 3.8) is 0 Å². The number of para-hydroxylation sites is 1. The van der Waals surface area contributed by atoms with Crippen molar-refractivity contribution in [1.82, 2.24) is 9.55 Å². The fourth-order valence-electron chi connectivity index (χ4n) is 2.09. The molecule has 0 saturated heterocycles. The van der Waals surface area contributed by atoms with Crippen LogP contribution in [0.15, 0.2) is 29.1 Å². The Bertz CT molecular complexity index is 834. The van der Waals surface area contributed by atoms with Crippen molar-refractivity contribution in [3.8, 4) is 0 Å². The van der Waals surface area contributed by atoms with Crippen molar-refractivity contribution in [3.05, 3.63) is 39.4 Å². The summed E-state index contributed by atoms with van der Waals surface area (Å²) in [5.74, 6) is -0.122. The Kier molecular flexibility index (Phi) is 3.60. The minimum atomic E-state index is -3.18. The summed E-state index contributed by atoms with van der Waals surface area (Å²) in [7, 11) is -3.18. The van der Waals surface area contributed by atoms with Gasteiger partial charge >= 0.3 is 0 Å². The summed E-state index contributed by atoms with van der Waals surface area (Å²) in [4.78, 5) is 15.3. The highest BCUT2D eigenvalue weighted by atomic mass is 32.2. The number of H-pyrrole nitrogens is 1. The third-order valence-electron chi connectivity index (χ3n) is 2.82. The first kappa shape index (κ1) is 14.0. The lowest BCUT2D eigenvalue weighted by atomic mass is 10.2. The molecule has 0 spiro atoms. The van der Waals surface area contributed by atoms with Gasteiger partial charge in [0.1, 0.15) is 9.84 Å². The Hall–Kier alpha value is -1.47. The van der Waals surface area contributed by atoms with Gasteiger partial charge in [-0.1, -0.05) is 12.1 Å². The maximum absolute atomic E-state index is 12.4. The molecule has 1 aromatic carbocycles. The average Bonchev–Trinajstić information content (AvgIpc) is 2.26. The molecule has 0 saturated carbocycles. The van der Waals surface area contributed by atoms with Crippen LogP contribution in [0.4, 0.5) is 0 Å². The minimum absolute atomic E-state index is 0.122. The van der Waals surface area contributed by atoms with Crippen LogP contribution in [0, 0.1) is 4.77 Å². The molecule has 0 aliphatic rings. The van der Waals surface area contributed by atoms with Crippen LogP contribution in [0.25, 0.3) is 10.9 Å². The van der Waals surface area contributed by atoms with Crippen LogP contribution in [0.5, 0.6) is 0 Å². The molecule has 2 rings (SSSR count). The molecule has 1 N–H and O–H groups in total. The number of aromatic amines is 1. The van der Waals surface area contributed by atoms with Crippen LogP contribution in [0.1, 0.15) is 13.0 Å². The van der Waals surface area contributed by atoms with E-state index in [9.17, 15) is 13.2 Å². The van der Waals surface area contributed by atoms with E-state index in [2.05, 4.69) is 4.98 Å². The first-order valence-electron chi connectivity index (χ1n) is 5.71. The van der Waals surface area contributed by atoms with Crippen LogP contribution >= 0.6 is 12.2 Å². The van der Waals surface area contributed by atoms with Gasteiger partial charge in [0.15, 0.2) is 4.77 Å². The van der Waals surface area contributed by atoms with Gasteiger partial charge in [0.2, 0.25) is 0 Å². The third kappa shape index (κ3) is 2.93. The minimum Gasteiger partial charge on any atom is -0.332 e. The standard InChI is InChI=1S/C12H14N2O3S2/c1-8(7-19(2,16)17)14-11(15)9-5-3-4-6-10(9)13-12(14)18/h3-6,8H,7H2,1-2H3,(H,13,18). The highest BCUT2D eigenvalue weighted by molar-refractivity contribution is 7.90. The van der Waals surface area contributed by atoms with Gasteiger partial charge in [-0.05, 0) is 31.3 Å². The van der Waals surface area contributed by atoms with E-state index >= 15 is 0 Å². The van der Waals surface area contributed by atoms with Crippen LogP contribution in [-0.4, -0.2) is 30.0 Å². The summed E-state index contributed by atoms with van der Waals surface area (Å²) in [6.07, 6.45) is 1.14. The zero-order valence-electron chi connectivity index (χ0n) is 10.6. The van der Waals surface area contributed by atoms with Crippen molar-refractivity contribution in [2.75, 3.05) is 12.0 Å². The van der Waals surface area contributed by atoms with Gasteiger partial charge in [0, 0.05) is 6.26 Å². The van der Waals surface area contributed by atoms with Crippen LogP contribution in [-0.2, 0) is 9.84 Å². The second kappa shape index (κ2) is 4.90. The van der Waals surface area contributed by atoms with E-state index in [-0.39, 0.29) is 16.1 Å². The van der Waals surface area contributed by atoms with Crippen LogP contribution in [0.2, 0.25) is 0 Å². The van der Waals surface area contributed by atoms with Crippen molar-refractivity contribution >= 4 is 33.0 Å². The van der Waals surface area contributed by atoms with E-state index < -0.39 is 15.9 Å². The molecule has 0 radical (unpaired) electrons. The molecule has 2 aromatic rings. The largest absolute Gasteiger partial charge is 0.332 e. The monoisotopic (exact) mass is 298 g/mol. The Labute approximate surface area is 115 Å². The molecular formula is C12H14N2O3S2. The Balaban J connectivity index is 2.68. The highest BCUT2D eigenvalue weighted by Gasteiger charge is 2.16. The molecule has 7 heteroatoms. The molecule has 1 aromatic heterocycles. The lowest BCUT2D eigenvalue weighted by molar-refractivity contribution is 0.543. The maximum Gasteiger partial charge on any atom is 0.262 e. The second-order valence-electron chi connectivity index (χ2n) is 4.59. The van der Waals surface area contributed by atoms with Crippen molar-refractivity contribution in [2.24, 2.45) is 0 Å². The number of nitrogens with zero attached hydrogens (tertiary/aromatic N) is 1. The van der Waals surface area contributed by atoms with Crippen molar-refractivity contribution < 1.29 is 8.42 Å². The number of sulfone groups is 1. The summed E-state index contributed by atoms with van der Waals surface area (Å²) < 4.78 is 24.2. The summed E-state index contributed by atoms with van der Waals surface area (Å²) in [5, 5.41) is 0.497. The zero-order chi connectivity index (χ0) is 14.2. The lowest BCUT2D eigenvalue weighted by Gasteiger charge is -2.14. The number of hydrogen-bond acceptors (Lipinski definition) is 4. The smallest absolute Gasteiger partial charge is 0.262 e. The number of aromatic nitrogens is 2. The molecule has 0 fully saturated rings. The van der Waals surface area contributed by atoms with E-state index in [1.165, 1.54) is 4.57 Å². The first-order chi connectivity index (χ1) is 8.79. The maximum atomic E-state index is 12.4. The topological polar surface area (TPSA) is 71.9 Å². The van der Waals surface area contributed by atoms with E-state index in [0.29, 0.717) is 10.9 Å². The highest BCUT2D eigenvalue weighted by Crippen LogP contribution is 2.11. The molecule has 0 aliphatic heterocycles. The summed E-state index contributed by atoms with van der Waals surface area (Å²) in [6.45, 7) is 1.67. The number of hydrogen-bond donors (Lipinski definition) is 1. The van der Waals surface area contributed by atoms with Gasteiger partial charge in [0.05, 0.1) is 22.7 Å². The Morgan fingerprint density at radius 3 is 2.63 bits per heavy atom. The van der Waals surface area contributed by atoms with E-state index in [1.54, 1.807) is 31.2 Å². The second-order valence-corrected chi connectivity index (χ2v) is 7.16. The third-order valence-corrected chi connectivity index (χ3v) is 4.21. The summed E-state index contributed by atoms with van der Waals surface area (Å²) in [5.41, 5.74) is 0.385. The van der Waals surface area contributed by atoms with Crippen LogP contribution < -0.4 is 5.56 Å². The van der Waals surface area contributed by atoms with E-state index in [0.717, 1.165) is 6.26 Å². The molecular weight excluding hydrogens is 284 g/mol. The van der Waals surface area contributed by atoms with Gasteiger partial charge in [0.25, 0.3) is 5.56 Å². The SMILES string of the molecule is CC(CS(C)(=O)=O)n1c(=S)[nH]c2ccccc2c1=O. The van der Waals surface area contributed by atoms with Gasteiger partial charge in [-0.25, -0.2) is 8.42 Å². The first-order valence-corrected chi connectivity index (χ1v) is 8.18. The van der Waals surface area contributed by atoms with Gasteiger partial charge in [-0.15, -0.1) is 0 Å². The van der Waals surface area contributed by atoms with E-state index in [4.69, 9.17) is 12.2 Å². The Morgan fingerprint density at radius 1 is 1.37 bits per heavy atom. The normalized spacial score (nSPS) is 13.6. The molecule has 1 unspecified atom stereocenters. The molecule has 19 heavy (non-hydrogen) atoms. The predicted molar refractivity (Wildman–Crippen MR) is 77.8 cm³/mol. The molecule has 1 atom stereocenters. The number of rotatable bonds is 3. The quantitative estimate of drug-likeness (QED) is 0.875. The summed E-state index contributed by atoms with van der Waals surface area (Å²) >= 11 is 5.14. The predicted octanol–water partition coefficient (Wildman–Crippen LogP) is 1.66. The lowest BCUT2D eigenvalue weighted by Crippen LogP contribution is -2.29. The molecule has 102 valence electrons. The van der Waals surface area contributed by atoms with Crippen molar-refractivity contribution in [2.45, 2.75) is 13.0 Å². The zero-order valence-corrected chi connectivity index (χ0v) is 12.2.